The Morgan fingerprint density at radius 1 is 1.42 bits per heavy atom. The van der Waals surface area contributed by atoms with E-state index in [0.717, 1.165) is 17.0 Å². The highest BCUT2D eigenvalue weighted by Crippen LogP contribution is 2.28. The fraction of sp³-hybridized carbons (Fsp3) is 0.500. The summed E-state index contributed by atoms with van der Waals surface area (Å²) < 4.78 is 5.62. The van der Waals surface area contributed by atoms with Crippen LogP contribution in [0, 0.1) is 0 Å². The van der Waals surface area contributed by atoms with E-state index in [0.29, 0.717) is 19.7 Å². The molecule has 0 atom stereocenters. The van der Waals surface area contributed by atoms with Gasteiger partial charge in [0.25, 0.3) is 0 Å². The maximum atomic E-state index is 10.4. The fourth-order valence-electron chi connectivity index (χ4n) is 1.74. The number of benzene rings is 1. The number of rotatable bonds is 8. The Kier molecular flexibility index (Phi) is 6.15. The van der Waals surface area contributed by atoms with E-state index in [2.05, 4.69) is 5.32 Å². The highest BCUT2D eigenvalue weighted by atomic mass is 16.5. The molecule has 5 nitrogen and oxygen atoms in total. The van der Waals surface area contributed by atoms with Crippen LogP contribution in [-0.2, 0) is 11.3 Å². The molecule has 0 fully saturated rings. The number of hydrogen-bond donors (Lipinski definition) is 2. The third kappa shape index (κ3) is 5.18. The monoisotopic (exact) mass is 266 g/mol. The molecule has 0 heterocycles. The lowest BCUT2D eigenvalue weighted by Gasteiger charge is -2.18. The van der Waals surface area contributed by atoms with Crippen molar-refractivity contribution in [1.29, 1.82) is 0 Å². The number of carboxylic acid groups (broad SMARTS) is 1. The number of ether oxygens (including phenoxy) is 1. The summed E-state index contributed by atoms with van der Waals surface area (Å²) in [5.41, 5.74) is 2.12. The maximum Gasteiger partial charge on any atom is 0.304 e. The lowest BCUT2D eigenvalue weighted by molar-refractivity contribution is -0.136. The summed E-state index contributed by atoms with van der Waals surface area (Å²) in [5, 5.41) is 11.7. The normalized spacial score (nSPS) is 10.3. The number of carboxylic acids is 1. The van der Waals surface area contributed by atoms with Gasteiger partial charge in [-0.3, -0.25) is 4.79 Å². The van der Waals surface area contributed by atoms with Gasteiger partial charge in [-0.15, -0.1) is 0 Å². The number of carbonyl (C=O) groups is 1. The smallest absolute Gasteiger partial charge is 0.304 e. The quantitative estimate of drug-likeness (QED) is 0.701. The van der Waals surface area contributed by atoms with E-state index in [1.54, 1.807) is 0 Å². The summed E-state index contributed by atoms with van der Waals surface area (Å²) in [6, 6.07) is 6.03. The predicted octanol–water partition coefficient (Wildman–Crippen LogP) is 1.72. The first kappa shape index (κ1) is 15.3. The first-order valence-electron chi connectivity index (χ1n) is 6.40. The summed E-state index contributed by atoms with van der Waals surface area (Å²) in [4.78, 5) is 12.4. The van der Waals surface area contributed by atoms with E-state index < -0.39 is 5.97 Å². The molecule has 106 valence electrons. The molecule has 0 aliphatic carbocycles. The zero-order chi connectivity index (χ0) is 14.3. The molecule has 5 heteroatoms. The number of nitrogens with zero attached hydrogens (tertiary/aromatic N) is 1. The van der Waals surface area contributed by atoms with Crippen molar-refractivity contribution in [3.05, 3.63) is 23.8 Å². The van der Waals surface area contributed by atoms with Gasteiger partial charge in [-0.2, -0.15) is 0 Å². The van der Waals surface area contributed by atoms with Gasteiger partial charge in [-0.05, 0) is 24.6 Å². The molecule has 0 bridgehead atoms. The Hall–Kier alpha value is -1.75. The molecule has 0 aliphatic rings. The van der Waals surface area contributed by atoms with Gasteiger partial charge >= 0.3 is 5.97 Å². The number of nitrogens with one attached hydrogen (secondary N) is 1. The van der Waals surface area contributed by atoms with Gasteiger partial charge in [0.15, 0.2) is 0 Å². The summed E-state index contributed by atoms with van der Waals surface area (Å²) in [7, 11) is 3.95. The highest BCUT2D eigenvalue weighted by Gasteiger charge is 2.07. The van der Waals surface area contributed by atoms with E-state index in [1.807, 2.05) is 44.1 Å². The van der Waals surface area contributed by atoms with Gasteiger partial charge in [0.1, 0.15) is 5.75 Å². The van der Waals surface area contributed by atoms with Gasteiger partial charge in [-0.25, -0.2) is 0 Å². The van der Waals surface area contributed by atoms with Gasteiger partial charge in [0.2, 0.25) is 0 Å². The molecule has 0 saturated heterocycles. The van der Waals surface area contributed by atoms with Crippen LogP contribution in [0.2, 0.25) is 0 Å². The Morgan fingerprint density at radius 3 is 2.74 bits per heavy atom. The van der Waals surface area contributed by atoms with Gasteiger partial charge in [0.05, 0.1) is 18.7 Å². The van der Waals surface area contributed by atoms with Crippen molar-refractivity contribution in [2.75, 3.05) is 32.1 Å². The molecule has 0 radical (unpaired) electrons. The Bertz CT molecular complexity index is 419. The van der Waals surface area contributed by atoms with Crippen LogP contribution in [0.3, 0.4) is 0 Å². The van der Waals surface area contributed by atoms with E-state index in [9.17, 15) is 4.79 Å². The topological polar surface area (TPSA) is 61.8 Å². The van der Waals surface area contributed by atoms with Crippen molar-refractivity contribution in [2.45, 2.75) is 19.9 Å². The molecule has 1 rings (SSSR count). The molecule has 19 heavy (non-hydrogen) atoms. The molecule has 0 spiro atoms. The van der Waals surface area contributed by atoms with Crippen molar-refractivity contribution in [3.63, 3.8) is 0 Å². The second kappa shape index (κ2) is 7.63. The highest BCUT2D eigenvalue weighted by molar-refractivity contribution is 5.66. The van der Waals surface area contributed by atoms with Crippen LogP contribution in [0.15, 0.2) is 18.2 Å². The molecular weight excluding hydrogens is 244 g/mol. The third-order valence-electron chi connectivity index (χ3n) is 2.65. The summed E-state index contributed by atoms with van der Waals surface area (Å²) in [6.45, 7) is 3.68. The summed E-state index contributed by atoms with van der Waals surface area (Å²) in [5.74, 6) is 0.0653. The van der Waals surface area contributed by atoms with Crippen molar-refractivity contribution in [1.82, 2.24) is 5.32 Å². The average Bonchev–Trinajstić information content (AvgIpc) is 2.35. The lowest BCUT2D eigenvalue weighted by atomic mass is 10.1. The lowest BCUT2D eigenvalue weighted by Crippen LogP contribution is -2.18. The molecule has 0 unspecified atom stereocenters. The SMILES string of the molecule is CCOc1cc(CNCCC(=O)O)ccc1N(C)C. The summed E-state index contributed by atoms with van der Waals surface area (Å²) in [6.07, 6.45) is 0.133. The van der Waals surface area contributed by atoms with Crippen LogP contribution in [0.1, 0.15) is 18.9 Å². The Balaban J connectivity index is 2.64. The third-order valence-corrected chi connectivity index (χ3v) is 2.65. The first-order valence-corrected chi connectivity index (χ1v) is 6.40. The minimum atomic E-state index is -0.787. The van der Waals surface area contributed by atoms with Crippen LogP contribution in [0.4, 0.5) is 5.69 Å². The molecular formula is C14H22N2O3. The Morgan fingerprint density at radius 2 is 2.16 bits per heavy atom. The number of anilines is 1. The fourth-order valence-corrected chi connectivity index (χ4v) is 1.74. The minimum Gasteiger partial charge on any atom is -0.492 e. The van der Waals surface area contributed by atoms with E-state index in [-0.39, 0.29) is 6.42 Å². The van der Waals surface area contributed by atoms with Gasteiger partial charge in [-0.1, -0.05) is 6.07 Å². The van der Waals surface area contributed by atoms with Crippen LogP contribution in [0.25, 0.3) is 0 Å². The number of hydrogen-bond acceptors (Lipinski definition) is 4. The first-order chi connectivity index (χ1) is 9.04. The van der Waals surface area contributed by atoms with Crippen molar-refractivity contribution in [3.8, 4) is 5.75 Å². The largest absolute Gasteiger partial charge is 0.492 e. The number of aliphatic carboxylic acids is 1. The minimum absolute atomic E-state index is 0.133. The molecule has 0 saturated carbocycles. The van der Waals surface area contributed by atoms with Crippen molar-refractivity contribution >= 4 is 11.7 Å². The molecule has 1 aromatic carbocycles. The molecule has 1 aromatic rings. The molecule has 0 aliphatic heterocycles. The Labute approximate surface area is 114 Å². The van der Waals surface area contributed by atoms with E-state index in [1.165, 1.54) is 0 Å². The van der Waals surface area contributed by atoms with Crippen LogP contribution in [-0.4, -0.2) is 38.3 Å². The maximum absolute atomic E-state index is 10.4. The van der Waals surface area contributed by atoms with Crippen LogP contribution >= 0.6 is 0 Å². The predicted molar refractivity (Wildman–Crippen MR) is 75.9 cm³/mol. The van der Waals surface area contributed by atoms with Crippen LogP contribution < -0.4 is 15.0 Å². The van der Waals surface area contributed by atoms with E-state index >= 15 is 0 Å². The van der Waals surface area contributed by atoms with Crippen molar-refractivity contribution < 1.29 is 14.6 Å². The zero-order valence-electron chi connectivity index (χ0n) is 11.8. The zero-order valence-corrected chi connectivity index (χ0v) is 11.8. The summed E-state index contributed by atoms with van der Waals surface area (Å²) >= 11 is 0. The van der Waals surface area contributed by atoms with E-state index in [4.69, 9.17) is 9.84 Å². The second-order valence-electron chi connectivity index (χ2n) is 4.45. The standard InChI is InChI=1S/C14H22N2O3/c1-4-19-13-9-11(5-6-12(13)16(2)3)10-15-8-7-14(17)18/h5-6,9,15H,4,7-8,10H2,1-3H3,(H,17,18). The molecule has 2 N–H and O–H groups in total. The second-order valence-corrected chi connectivity index (χ2v) is 4.45. The van der Waals surface area contributed by atoms with Gasteiger partial charge in [0, 0.05) is 27.2 Å². The molecule has 0 aromatic heterocycles. The van der Waals surface area contributed by atoms with Crippen LogP contribution in [0.5, 0.6) is 5.75 Å². The molecule has 0 amide bonds. The average molecular weight is 266 g/mol. The van der Waals surface area contributed by atoms with Crippen molar-refractivity contribution in [2.24, 2.45) is 0 Å². The van der Waals surface area contributed by atoms with Gasteiger partial charge < -0.3 is 20.1 Å².